The third-order valence-corrected chi connectivity index (χ3v) is 0. The molecule has 0 aromatic carbocycles. The van der Waals surface area contributed by atoms with Crippen LogP contribution in [0, 0.1) is 0 Å². The molecule has 11 nitrogen and oxygen atoms in total. The summed E-state index contributed by atoms with van der Waals surface area (Å²) in [6.07, 6.45) is -2.33. The zero-order chi connectivity index (χ0) is 12.6. The molecule has 0 aliphatic heterocycles. The predicted octanol–water partition coefficient (Wildman–Crippen LogP) is -13.7. The van der Waals surface area contributed by atoms with Gasteiger partial charge < -0.3 is 48.1 Å². The first-order valence-electron chi connectivity index (χ1n) is 2.01. The molecule has 0 radical (unpaired) electrons. The molecule has 18 heteroatoms. The van der Waals surface area contributed by atoms with Gasteiger partial charge in [0.25, 0.3) is 0 Å². The van der Waals surface area contributed by atoms with Crippen molar-refractivity contribution in [3.63, 3.8) is 0 Å². The monoisotopic (exact) mass is 445 g/mol. The number of hydrogen-bond donors (Lipinski definition) is 0. The largest absolute Gasteiger partial charge is 2.00 e. The summed E-state index contributed by atoms with van der Waals surface area (Å²) in [5.74, 6) is 0. The molecule has 0 N–H and O–H groups in total. The predicted molar refractivity (Wildman–Crippen MR) is 40.7 cm³/mol. The van der Waals surface area contributed by atoms with Crippen molar-refractivity contribution < 1.29 is 86.0 Å². The van der Waals surface area contributed by atoms with Gasteiger partial charge >= 0.3 is 136 Å². The fourth-order valence-electron chi connectivity index (χ4n) is 0. The van der Waals surface area contributed by atoms with Crippen LogP contribution in [-0.2, 0) is 15.0 Å². The standard InChI is InChI=1S/CH2O3.Ca.FH.Mg.Na.H3O4P.H2O4S.Sr/c2-1(3)4;;;;;2*1-5(2,3)4;/h(H2,2,3,4);;1H;;;(H3,1,2,3,4);(H2,1,2,3,4);/q;+2;;+2;+1;;;+2/p-8. The average Bonchev–Trinajstić information content (AvgIpc) is 1.45. The molecule has 0 atom stereocenters. The Labute approximate surface area is 212 Å². The van der Waals surface area contributed by atoms with Gasteiger partial charge in [-0.05, 0) is 6.16 Å². The quantitative estimate of drug-likeness (QED) is 0.147. The van der Waals surface area contributed by atoms with Gasteiger partial charge in [0, 0.05) is 10.4 Å². The second-order valence-corrected chi connectivity index (χ2v) is 2.82. The van der Waals surface area contributed by atoms with Crippen molar-refractivity contribution >= 4 is 131 Å². The minimum absolute atomic E-state index is 0. The van der Waals surface area contributed by atoms with E-state index < -0.39 is 24.4 Å². The third-order valence-electron chi connectivity index (χ3n) is 0. The van der Waals surface area contributed by atoms with E-state index in [1.54, 1.807) is 0 Å². The molecule has 0 spiro atoms. The number of carboxylic acid groups (broad SMARTS) is 2. The van der Waals surface area contributed by atoms with E-state index in [1.165, 1.54) is 0 Å². The van der Waals surface area contributed by atoms with Crippen LogP contribution in [0.25, 0.3) is 0 Å². The molecule has 19 heavy (non-hydrogen) atoms. The fraction of sp³-hybridized carbons (Fsp3) is 0. The van der Waals surface area contributed by atoms with Crippen LogP contribution in [0.15, 0.2) is 0 Å². The maximum atomic E-state index is 8.55. The molecule has 0 saturated heterocycles. The van der Waals surface area contributed by atoms with Crippen molar-refractivity contribution in [1.82, 2.24) is 0 Å². The van der Waals surface area contributed by atoms with Crippen LogP contribution < -0.4 is 59.2 Å². The summed E-state index contributed by atoms with van der Waals surface area (Å²) >= 11 is 0. The molecule has 0 rings (SSSR count). The number of halogens is 1. The molecule has 0 fully saturated rings. The van der Waals surface area contributed by atoms with E-state index >= 15 is 0 Å². The van der Waals surface area contributed by atoms with Crippen LogP contribution in [0.3, 0.4) is 0 Å². The molecule has 0 amide bonds. The zero-order valence-electron chi connectivity index (χ0n) is 9.35. The van der Waals surface area contributed by atoms with E-state index in [4.69, 9.17) is 51.8 Å². The van der Waals surface area contributed by atoms with Crippen LogP contribution in [0.1, 0.15) is 0 Å². The first kappa shape index (κ1) is 49.5. The van der Waals surface area contributed by atoms with Gasteiger partial charge in [0.1, 0.15) is 0 Å². The summed E-state index contributed by atoms with van der Waals surface area (Å²) < 4.78 is 42.6. The Morgan fingerprint density at radius 2 is 1.00 bits per heavy atom. The topological polar surface area (TPSA) is 230 Å². The van der Waals surface area contributed by atoms with Gasteiger partial charge in [0.15, 0.2) is 0 Å². The first-order valence-corrected chi connectivity index (χ1v) is 4.80. The van der Waals surface area contributed by atoms with Crippen molar-refractivity contribution in [2.75, 3.05) is 0 Å². The van der Waals surface area contributed by atoms with Crippen LogP contribution >= 0.6 is 7.82 Å². The number of hydrogen-bond acceptors (Lipinski definition) is 11. The SMILES string of the molecule is O=C([O-])[O-].O=P([O-])([O-])[O-].O=S(=O)([O-])[O-].[Ca+2].[F-].[Mg+2].[Na+].[Sr+2]. The van der Waals surface area contributed by atoms with E-state index in [2.05, 4.69) is 0 Å². The summed E-state index contributed by atoms with van der Waals surface area (Å²) in [4.78, 5) is 34.0. The molecule has 0 unspecified atom stereocenters. The number of phosphoric acid groups is 1. The van der Waals surface area contributed by atoms with Gasteiger partial charge in [-0.2, -0.15) is 7.82 Å². The van der Waals surface area contributed by atoms with E-state index in [1.807, 2.05) is 0 Å². The van der Waals surface area contributed by atoms with Gasteiger partial charge in [-0.15, -0.1) is 0 Å². The van der Waals surface area contributed by atoms with Crippen LogP contribution in [0.2, 0.25) is 0 Å². The van der Waals surface area contributed by atoms with Gasteiger partial charge in [-0.3, -0.25) is 8.42 Å². The van der Waals surface area contributed by atoms with Crippen LogP contribution in [0.4, 0.5) is 4.79 Å². The zero-order valence-corrected chi connectivity index (χ0v) is 20.2. The van der Waals surface area contributed by atoms with Crippen LogP contribution in [0.5, 0.6) is 0 Å². The van der Waals surface area contributed by atoms with Crippen molar-refractivity contribution in [2.45, 2.75) is 0 Å². The Bertz CT molecular complexity index is 288. The maximum Gasteiger partial charge on any atom is 2.00 e. The second-order valence-electron chi connectivity index (χ2n) is 1.11. The van der Waals surface area contributed by atoms with Gasteiger partial charge in [0.05, 0.1) is 0 Å². The van der Waals surface area contributed by atoms with Crippen molar-refractivity contribution in [3.8, 4) is 0 Å². The van der Waals surface area contributed by atoms with E-state index in [0.717, 1.165) is 0 Å². The molecular formula is CCaFMgNaO11PSSr-. The summed E-state index contributed by atoms with van der Waals surface area (Å²) in [7, 11) is -10.6. The van der Waals surface area contributed by atoms with E-state index in [0.29, 0.717) is 0 Å². The summed E-state index contributed by atoms with van der Waals surface area (Å²) in [5, 5.41) is 16.7. The summed E-state index contributed by atoms with van der Waals surface area (Å²) in [6, 6.07) is 0. The number of rotatable bonds is 0. The molecule has 0 aliphatic carbocycles. The van der Waals surface area contributed by atoms with Crippen LogP contribution in [-0.4, -0.2) is 130 Å². The van der Waals surface area contributed by atoms with Gasteiger partial charge in [-0.1, -0.05) is 0 Å². The average molecular weight is 445 g/mol. The molecule has 0 saturated carbocycles. The Morgan fingerprint density at radius 1 is 1.00 bits per heavy atom. The summed E-state index contributed by atoms with van der Waals surface area (Å²) in [6.45, 7) is 0. The normalized spacial score (nSPS) is 7.42. The fourth-order valence-corrected chi connectivity index (χ4v) is 0. The van der Waals surface area contributed by atoms with E-state index in [-0.39, 0.29) is 141 Å². The molecular weight excluding hydrogens is 445 g/mol. The van der Waals surface area contributed by atoms with Crippen molar-refractivity contribution in [3.05, 3.63) is 0 Å². The maximum absolute atomic E-state index is 8.55. The summed E-state index contributed by atoms with van der Waals surface area (Å²) in [5.41, 5.74) is 0. The molecule has 0 aliphatic rings. The molecule has 0 bridgehead atoms. The Balaban J connectivity index is -0.0000000141. The molecule has 0 heterocycles. The Hall–Kier alpha value is 3.69. The molecule has 0 aromatic rings. The van der Waals surface area contributed by atoms with Gasteiger partial charge in [0.2, 0.25) is 0 Å². The first-order chi connectivity index (χ1) is 5.73. The minimum atomic E-state index is -5.39. The number of carbonyl (C=O) groups excluding carboxylic acids is 1. The molecule has 0 aromatic heterocycles. The smallest absolute Gasteiger partial charge is 1.00 e. The van der Waals surface area contributed by atoms with Crippen molar-refractivity contribution in [2.24, 2.45) is 0 Å². The Kier molecular flexibility index (Phi) is 69.2. The third kappa shape index (κ3) is 618. The minimum Gasteiger partial charge on any atom is -1.00 e. The molecule has 96 valence electrons. The van der Waals surface area contributed by atoms with Crippen molar-refractivity contribution in [1.29, 1.82) is 0 Å². The second kappa shape index (κ2) is 26.6. The van der Waals surface area contributed by atoms with Gasteiger partial charge in [-0.25, -0.2) is 0 Å². The Morgan fingerprint density at radius 3 is 1.00 bits per heavy atom. The van der Waals surface area contributed by atoms with E-state index in [9.17, 15) is 0 Å². The number of carbonyl (C=O) groups is 1.